The van der Waals surface area contributed by atoms with E-state index in [1.807, 2.05) is 0 Å². The van der Waals surface area contributed by atoms with Crippen LogP contribution < -0.4 is 0 Å². The Morgan fingerprint density at radius 1 is 1.31 bits per heavy atom. The molecular weight excluding hydrogens is 200 g/mol. The molecule has 0 spiro atoms. The molecule has 2 aliphatic rings. The monoisotopic (exact) mass is 220 g/mol. The van der Waals surface area contributed by atoms with E-state index in [9.17, 15) is 4.79 Å². The first-order valence-corrected chi connectivity index (χ1v) is 6.45. The van der Waals surface area contributed by atoms with Crippen LogP contribution in [0, 0.1) is 17.2 Å². The summed E-state index contributed by atoms with van der Waals surface area (Å²) in [5, 5.41) is 8.61. The lowest BCUT2D eigenvalue weighted by molar-refractivity contribution is -0.120. The summed E-state index contributed by atoms with van der Waals surface area (Å²) in [7, 11) is 0. The molecule has 0 amide bonds. The Hall–Kier alpha value is -0.880. The highest BCUT2D eigenvalue weighted by atomic mass is 16.1. The van der Waals surface area contributed by atoms with E-state index in [0.717, 1.165) is 38.8 Å². The molecule has 16 heavy (non-hydrogen) atoms. The van der Waals surface area contributed by atoms with Crippen LogP contribution in [0.25, 0.3) is 0 Å². The minimum Gasteiger partial charge on any atom is -0.299 e. The summed E-state index contributed by atoms with van der Waals surface area (Å²) in [5.41, 5.74) is 0. The van der Waals surface area contributed by atoms with E-state index >= 15 is 0 Å². The molecule has 0 radical (unpaired) electrons. The van der Waals surface area contributed by atoms with Gasteiger partial charge >= 0.3 is 0 Å². The van der Waals surface area contributed by atoms with E-state index in [2.05, 4.69) is 11.0 Å². The van der Waals surface area contributed by atoms with Crippen molar-refractivity contribution < 1.29 is 4.79 Å². The van der Waals surface area contributed by atoms with Gasteiger partial charge in [0.2, 0.25) is 0 Å². The Bertz CT molecular complexity index is 291. The molecule has 0 bridgehead atoms. The number of nitrogens with zero attached hydrogens (tertiary/aromatic N) is 2. The van der Waals surface area contributed by atoms with Crippen molar-refractivity contribution >= 4 is 5.78 Å². The minimum atomic E-state index is 0.323. The van der Waals surface area contributed by atoms with Gasteiger partial charge in [0.1, 0.15) is 5.78 Å². The van der Waals surface area contributed by atoms with Crippen molar-refractivity contribution in [3.8, 4) is 6.07 Å². The van der Waals surface area contributed by atoms with Crippen molar-refractivity contribution in [2.24, 2.45) is 5.92 Å². The fourth-order valence-electron chi connectivity index (χ4n) is 2.63. The SMILES string of the molecule is N#CCCN(CCC1CCCC1=O)C1CC1. The van der Waals surface area contributed by atoms with Crippen molar-refractivity contribution in [2.75, 3.05) is 13.1 Å². The highest BCUT2D eigenvalue weighted by Crippen LogP contribution is 2.29. The Morgan fingerprint density at radius 2 is 2.12 bits per heavy atom. The molecule has 0 heterocycles. The number of ketones is 1. The molecule has 1 unspecified atom stereocenters. The van der Waals surface area contributed by atoms with Gasteiger partial charge in [-0.3, -0.25) is 9.69 Å². The predicted molar refractivity (Wildman–Crippen MR) is 61.8 cm³/mol. The van der Waals surface area contributed by atoms with E-state index in [-0.39, 0.29) is 0 Å². The standard InChI is InChI=1S/C13H20N2O/c14-8-2-9-15(12-5-6-12)10-7-11-3-1-4-13(11)16/h11-12H,1-7,9-10H2. The fourth-order valence-corrected chi connectivity index (χ4v) is 2.63. The second-order valence-electron chi connectivity index (χ2n) is 5.02. The quantitative estimate of drug-likeness (QED) is 0.688. The zero-order chi connectivity index (χ0) is 11.4. The van der Waals surface area contributed by atoms with Gasteiger partial charge < -0.3 is 0 Å². The Morgan fingerprint density at radius 3 is 2.69 bits per heavy atom. The maximum Gasteiger partial charge on any atom is 0.136 e. The van der Waals surface area contributed by atoms with Crippen LogP contribution in [0.5, 0.6) is 0 Å². The van der Waals surface area contributed by atoms with Crippen molar-refractivity contribution in [2.45, 2.75) is 51.0 Å². The highest BCUT2D eigenvalue weighted by Gasteiger charge is 2.30. The third-order valence-corrected chi connectivity index (χ3v) is 3.77. The second kappa shape index (κ2) is 5.45. The number of Topliss-reactive ketones (excluding diaryl/α,β-unsaturated/α-hetero) is 1. The molecule has 0 aromatic carbocycles. The van der Waals surface area contributed by atoms with E-state index < -0.39 is 0 Å². The first-order chi connectivity index (χ1) is 7.81. The summed E-state index contributed by atoms with van der Waals surface area (Å²) in [6, 6.07) is 2.92. The lowest BCUT2D eigenvalue weighted by atomic mass is 10.0. The number of hydrogen-bond donors (Lipinski definition) is 0. The van der Waals surface area contributed by atoms with E-state index in [1.54, 1.807) is 0 Å². The zero-order valence-corrected chi connectivity index (χ0v) is 9.82. The molecule has 2 rings (SSSR count). The third-order valence-electron chi connectivity index (χ3n) is 3.77. The van der Waals surface area contributed by atoms with Crippen molar-refractivity contribution in [3.63, 3.8) is 0 Å². The van der Waals surface area contributed by atoms with Crippen molar-refractivity contribution in [1.82, 2.24) is 4.90 Å². The van der Waals surface area contributed by atoms with Gasteiger partial charge in [0.05, 0.1) is 6.07 Å². The number of carbonyl (C=O) groups excluding carboxylic acids is 1. The third kappa shape index (κ3) is 3.05. The van der Waals surface area contributed by atoms with Gasteiger partial charge in [-0.15, -0.1) is 0 Å². The minimum absolute atomic E-state index is 0.323. The lowest BCUT2D eigenvalue weighted by Gasteiger charge is -2.21. The van der Waals surface area contributed by atoms with Crippen LogP contribution in [0.3, 0.4) is 0 Å². The largest absolute Gasteiger partial charge is 0.299 e. The smallest absolute Gasteiger partial charge is 0.136 e. The van der Waals surface area contributed by atoms with Gasteiger partial charge in [-0.25, -0.2) is 0 Å². The van der Waals surface area contributed by atoms with Crippen LogP contribution in [0.15, 0.2) is 0 Å². The van der Waals surface area contributed by atoms with E-state index in [4.69, 9.17) is 5.26 Å². The van der Waals surface area contributed by atoms with Gasteiger partial charge in [-0.1, -0.05) is 0 Å². The highest BCUT2D eigenvalue weighted by molar-refractivity contribution is 5.82. The van der Waals surface area contributed by atoms with Gasteiger partial charge in [0.25, 0.3) is 0 Å². The zero-order valence-electron chi connectivity index (χ0n) is 9.82. The number of rotatable bonds is 6. The molecule has 0 aromatic heterocycles. The average Bonchev–Trinajstić information content (AvgIpc) is 3.04. The van der Waals surface area contributed by atoms with Crippen LogP contribution >= 0.6 is 0 Å². The summed E-state index contributed by atoms with van der Waals surface area (Å²) < 4.78 is 0. The van der Waals surface area contributed by atoms with Crippen LogP contribution in [-0.2, 0) is 4.79 Å². The molecule has 0 N–H and O–H groups in total. The van der Waals surface area contributed by atoms with Gasteiger partial charge in [-0.05, 0) is 38.6 Å². The van der Waals surface area contributed by atoms with Crippen molar-refractivity contribution in [3.05, 3.63) is 0 Å². The molecule has 0 saturated heterocycles. The maximum absolute atomic E-state index is 11.5. The van der Waals surface area contributed by atoms with Crippen LogP contribution in [0.1, 0.15) is 44.9 Å². The predicted octanol–water partition coefficient (Wildman–Crippen LogP) is 2.12. The first-order valence-electron chi connectivity index (χ1n) is 6.45. The summed E-state index contributed by atoms with van der Waals surface area (Å²) in [4.78, 5) is 13.9. The van der Waals surface area contributed by atoms with Gasteiger partial charge in [0.15, 0.2) is 0 Å². The molecule has 3 heteroatoms. The van der Waals surface area contributed by atoms with Crippen LogP contribution in [0.4, 0.5) is 0 Å². The number of carbonyl (C=O) groups is 1. The fraction of sp³-hybridized carbons (Fsp3) is 0.846. The van der Waals surface area contributed by atoms with Crippen LogP contribution in [-0.4, -0.2) is 29.8 Å². The van der Waals surface area contributed by atoms with E-state index in [0.29, 0.717) is 24.2 Å². The lowest BCUT2D eigenvalue weighted by Crippen LogP contribution is -2.30. The molecule has 2 saturated carbocycles. The second-order valence-corrected chi connectivity index (χ2v) is 5.02. The van der Waals surface area contributed by atoms with E-state index in [1.165, 1.54) is 12.8 Å². The Kier molecular flexibility index (Phi) is 3.95. The summed E-state index contributed by atoms with van der Waals surface area (Å²) >= 11 is 0. The summed E-state index contributed by atoms with van der Waals surface area (Å²) in [6.07, 6.45) is 7.18. The number of hydrogen-bond acceptors (Lipinski definition) is 3. The summed E-state index contributed by atoms with van der Waals surface area (Å²) in [6.45, 7) is 1.91. The number of nitriles is 1. The Balaban J connectivity index is 1.73. The normalized spacial score (nSPS) is 25.0. The molecule has 0 aliphatic heterocycles. The molecule has 2 fully saturated rings. The van der Waals surface area contributed by atoms with Crippen LogP contribution in [0.2, 0.25) is 0 Å². The first kappa shape index (κ1) is 11.6. The molecule has 1 atom stereocenters. The molecule has 2 aliphatic carbocycles. The molecule has 88 valence electrons. The van der Waals surface area contributed by atoms with Crippen molar-refractivity contribution in [1.29, 1.82) is 5.26 Å². The molecule has 3 nitrogen and oxygen atoms in total. The van der Waals surface area contributed by atoms with Gasteiger partial charge in [-0.2, -0.15) is 5.26 Å². The maximum atomic E-state index is 11.5. The van der Waals surface area contributed by atoms with Gasteiger partial charge in [0, 0.05) is 31.3 Å². The Labute approximate surface area is 97.4 Å². The topological polar surface area (TPSA) is 44.1 Å². The summed E-state index contributed by atoms with van der Waals surface area (Å²) in [5.74, 6) is 0.791. The molecular formula is C13H20N2O. The molecule has 0 aromatic rings. The average molecular weight is 220 g/mol.